The van der Waals surface area contributed by atoms with Gasteiger partial charge in [0.1, 0.15) is 5.75 Å². The molecule has 3 heteroatoms. The van der Waals surface area contributed by atoms with Crippen LogP contribution in [0.3, 0.4) is 0 Å². The van der Waals surface area contributed by atoms with Crippen LogP contribution < -0.4 is 0 Å². The van der Waals surface area contributed by atoms with E-state index in [0.717, 1.165) is 31.2 Å². The van der Waals surface area contributed by atoms with Gasteiger partial charge in [-0.05, 0) is 48.4 Å². The third-order valence-corrected chi connectivity index (χ3v) is 3.73. The van der Waals surface area contributed by atoms with Crippen LogP contribution in [0.4, 0.5) is 0 Å². The SMILES string of the molecule is CCc1cc(CCCc2ccc(C(O)O)cc2)ccc1O. The van der Waals surface area contributed by atoms with Crippen molar-refractivity contribution in [1.82, 2.24) is 0 Å². The molecule has 0 fully saturated rings. The average molecular weight is 286 g/mol. The molecule has 3 nitrogen and oxygen atoms in total. The molecule has 0 heterocycles. The Bertz CT molecular complexity index is 574. The molecule has 0 bridgehead atoms. The summed E-state index contributed by atoms with van der Waals surface area (Å²) >= 11 is 0. The molecule has 0 atom stereocenters. The van der Waals surface area contributed by atoms with Crippen LogP contribution in [0.1, 0.15) is 41.9 Å². The second-order valence-corrected chi connectivity index (χ2v) is 5.29. The Balaban J connectivity index is 1.89. The lowest BCUT2D eigenvalue weighted by Crippen LogP contribution is -1.96. The first-order valence-corrected chi connectivity index (χ1v) is 7.36. The second kappa shape index (κ2) is 7.25. The largest absolute Gasteiger partial charge is 0.508 e. The quantitative estimate of drug-likeness (QED) is 0.715. The van der Waals surface area contributed by atoms with Crippen LogP contribution in [-0.2, 0) is 19.3 Å². The Morgan fingerprint density at radius 3 is 2.14 bits per heavy atom. The first kappa shape index (κ1) is 15.5. The summed E-state index contributed by atoms with van der Waals surface area (Å²) in [6, 6.07) is 13.2. The molecule has 0 aromatic heterocycles. The normalized spacial score (nSPS) is 11.0. The lowest BCUT2D eigenvalue weighted by atomic mass is 10.0. The Hall–Kier alpha value is -1.84. The molecule has 0 aliphatic rings. The number of aromatic hydroxyl groups is 1. The fourth-order valence-corrected chi connectivity index (χ4v) is 2.43. The van der Waals surface area contributed by atoms with E-state index in [1.165, 1.54) is 11.1 Å². The Kier molecular flexibility index (Phi) is 5.37. The molecule has 0 saturated carbocycles. The summed E-state index contributed by atoms with van der Waals surface area (Å²) in [5, 5.41) is 27.8. The minimum Gasteiger partial charge on any atom is -0.508 e. The van der Waals surface area contributed by atoms with Gasteiger partial charge in [0.15, 0.2) is 6.29 Å². The standard InChI is InChI=1S/C18H22O3/c1-2-15-12-14(8-11-17(15)19)5-3-4-13-6-9-16(10-7-13)18(20)21/h6-12,18-21H,2-5H2,1H3. The number of phenols is 1. The topological polar surface area (TPSA) is 60.7 Å². The molecule has 0 amide bonds. The van der Waals surface area contributed by atoms with E-state index in [0.29, 0.717) is 11.3 Å². The fourth-order valence-electron chi connectivity index (χ4n) is 2.43. The van der Waals surface area contributed by atoms with E-state index in [4.69, 9.17) is 10.2 Å². The van der Waals surface area contributed by atoms with Crippen molar-refractivity contribution < 1.29 is 15.3 Å². The van der Waals surface area contributed by atoms with Crippen molar-refractivity contribution in [3.8, 4) is 5.75 Å². The Labute approximate surface area is 125 Å². The van der Waals surface area contributed by atoms with E-state index in [-0.39, 0.29) is 0 Å². The number of rotatable bonds is 6. The monoisotopic (exact) mass is 286 g/mol. The smallest absolute Gasteiger partial charge is 0.178 e. The maximum atomic E-state index is 9.67. The molecule has 0 saturated heterocycles. The number of benzene rings is 2. The highest BCUT2D eigenvalue weighted by Gasteiger charge is 2.03. The van der Waals surface area contributed by atoms with Gasteiger partial charge >= 0.3 is 0 Å². The number of hydrogen-bond donors (Lipinski definition) is 3. The number of aliphatic hydroxyl groups is 2. The van der Waals surface area contributed by atoms with Gasteiger partial charge in [0, 0.05) is 5.56 Å². The van der Waals surface area contributed by atoms with E-state index < -0.39 is 6.29 Å². The van der Waals surface area contributed by atoms with E-state index in [9.17, 15) is 5.11 Å². The summed E-state index contributed by atoms with van der Waals surface area (Å²) < 4.78 is 0. The van der Waals surface area contributed by atoms with Crippen LogP contribution in [0.15, 0.2) is 42.5 Å². The highest BCUT2D eigenvalue weighted by Crippen LogP contribution is 2.20. The molecular formula is C18H22O3. The zero-order valence-corrected chi connectivity index (χ0v) is 12.3. The van der Waals surface area contributed by atoms with Crippen LogP contribution in [0.2, 0.25) is 0 Å². The third-order valence-electron chi connectivity index (χ3n) is 3.73. The van der Waals surface area contributed by atoms with Gasteiger partial charge in [-0.25, -0.2) is 0 Å². The molecule has 0 aliphatic heterocycles. The molecule has 0 aliphatic carbocycles. The summed E-state index contributed by atoms with van der Waals surface area (Å²) in [5.41, 5.74) is 3.94. The lowest BCUT2D eigenvalue weighted by molar-refractivity contribution is -0.0424. The van der Waals surface area contributed by atoms with Crippen molar-refractivity contribution in [3.05, 3.63) is 64.7 Å². The summed E-state index contributed by atoms with van der Waals surface area (Å²) in [7, 11) is 0. The van der Waals surface area contributed by atoms with Crippen LogP contribution in [0, 0.1) is 0 Å². The van der Waals surface area contributed by atoms with Crippen LogP contribution in [-0.4, -0.2) is 15.3 Å². The van der Waals surface area contributed by atoms with Gasteiger partial charge in [0.05, 0.1) is 0 Å². The maximum Gasteiger partial charge on any atom is 0.178 e. The number of aliphatic hydroxyl groups excluding tert-OH is 1. The van der Waals surface area contributed by atoms with Crippen molar-refractivity contribution in [2.75, 3.05) is 0 Å². The van der Waals surface area contributed by atoms with Gasteiger partial charge < -0.3 is 15.3 Å². The van der Waals surface area contributed by atoms with Crippen molar-refractivity contribution in [3.63, 3.8) is 0 Å². The second-order valence-electron chi connectivity index (χ2n) is 5.29. The van der Waals surface area contributed by atoms with Gasteiger partial charge in [-0.1, -0.05) is 43.3 Å². The summed E-state index contributed by atoms with van der Waals surface area (Å²) in [5.74, 6) is 0.374. The zero-order chi connectivity index (χ0) is 15.2. The summed E-state index contributed by atoms with van der Waals surface area (Å²) in [6.07, 6.45) is 2.38. The highest BCUT2D eigenvalue weighted by atomic mass is 16.5. The van der Waals surface area contributed by atoms with Gasteiger partial charge in [0.25, 0.3) is 0 Å². The molecule has 0 spiro atoms. The maximum absolute atomic E-state index is 9.67. The van der Waals surface area contributed by atoms with Gasteiger partial charge in [-0.15, -0.1) is 0 Å². The molecule has 0 unspecified atom stereocenters. The van der Waals surface area contributed by atoms with Crippen LogP contribution >= 0.6 is 0 Å². The first-order chi connectivity index (χ1) is 10.1. The predicted octanol–water partition coefficient (Wildman–Crippen LogP) is 3.11. The molecule has 3 N–H and O–H groups in total. The average Bonchev–Trinajstić information content (AvgIpc) is 2.49. The highest BCUT2D eigenvalue weighted by molar-refractivity contribution is 5.36. The molecule has 21 heavy (non-hydrogen) atoms. The van der Waals surface area contributed by atoms with E-state index in [2.05, 4.69) is 6.07 Å². The van der Waals surface area contributed by atoms with E-state index in [1.54, 1.807) is 18.2 Å². The first-order valence-electron chi connectivity index (χ1n) is 7.36. The van der Waals surface area contributed by atoms with Crippen LogP contribution in [0.25, 0.3) is 0 Å². The third kappa shape index (κ3) is 4.31. The molecule has 112 valence electrons. The van der Waals surface area contributed by atoms with Crippen molar-refractivity contribution in [1.29, 1.82) is 0 Å². The molecular weight excluding hydrogens is 264 g/mol. The van der Waals surface area contributed by atoms with Crippen molar-refractivity contribution in [2.45, 2.75) is 38.9 Å². The number of phenolic OH excluding ortho intramolecular Hbond substituents is 1. The molecule has 2 aromatic rings. The van der Waals surface area contributed by atoms with E-state index >= 15 is 0 Å². The number of aryl methyl sites for hydroxylation is 3. The van der Waals surface area contributed by atoms with E-state index in [1.807, 2.05) is 25.1 Å². The molecule has 2 rings (SSSR count). The fraction of sp³-hybridized carbons (Fsp3) is 0.333. The van der Waals surface area contributed by atoms with Crippen LogP contribution in [0.5, 0.6) is 5.75 Å². The minimum absolute atomic E-state index is 0.374. The summed E-state index contributed by atoms with van der Waals surface area (Å²) in [6.45, 7) is 2.04. The van der Waals surface area contributed by atoms with Gasteiger partial charge in [-0.3, -0.25) is 0 Å². The summed E-state index contributed by atoms with van der Waals surface area (Å²) in [4.78, 5) is 0. The Morgan fingerprint density at radius 1 is 0.905 bits per heavy atom. The Morgan fingerprint density at radius 2 is 1.52 bits per heavy atom. The lowest BCUT2D eigenvalue weighted by Gasteiger charge is -2.07. The zero-order valence-electron chi connectivity index (χ0n) is 12.3. The number of hydrogen-bond acceptors (Lipinski definition) is 3. The van der Waals surface area contributed by atoms with Gasteiger partial charge in [0.2, 0.25) is 0 Å². The predicted molar refractivity (Wildman–Crippen MR) is 83.1 cm³/mol. The van der Waals surface area contributed by atoms with Crippen molar-refractivity contribution >= 4 is 0 Å². The van der Waals surface area contributed by atoms with Gasteiger partial charge in [-0.2, -0.15) is 0 Å². The molecule has 2 aromatic carbocycles. The van der Waals surface area contributed by atoms with Crippen molar-refractivity contribution in [2.24, 2.45) is 0 Å². The molecule has 0 radical (unpaired) electrons. The minimum atomic E-state index is -1.40.